The molecule has 3 heterocycles. The van der Waals surface area contributed by atoms with Gasteiger partial charge in [0, 0.05) is 6.42 Å². The molecule has 0 bridgehead atoms. The van der Waals surface area contributed by atoms with Crippen LogP contribution in [0.4, 0.5) is 0 Å². The van der Waals surface area contributed by atoms with E-state index in [4.69, 9.17) is 28.4 Å². The third-order valence-corrected chi connectivity index (χ3v) is 17.8. The summed E-state index contributed by atoms with van der Waals surface area (Å²) in [6, 6.07) is -0.971. The van der Waals surface area contributed by atoms with Crippen molar-refractivity contribution in [2.24, 2.45) is 0 Å². The summed E-state index contributed by atoms with van der Waals surface area (Å²) in [6.45, 7) is 1.56. The van der Waals surface area contributed by atoms with Gasteiger partial charge in [0.2, 0.25) is 5.91 Å². The zero-order valence-corrected chi connectivity index (χ0v) is 56.5. The lowest BCUT2D eigenvalue weighted by Gasteiger charge is -2.48. The number of amides is 1. The topological polar surface area (TPSA) is 307 Å². The summed E-state index contributed by atoms with van der Waals surface area (Å²) in [6.07, 6.45) is 42.4. The van der Waals surface area contributed by atoms with E-state index in [0.717, 1.165) is 83.5 Å². The number of carbonyl (C=O) groups excluding carboxylic acids is 1. The van der Waals surface area contributed by atoms with Crippen LogP contribution in [0.5, 0.6) is 0 Å². The maximum Gasteiger partial charge on any atom is 0.220 e. The normalized spacial score (nSPS) is 28.1. The molecule has 0 radical (unpaired) electrons. The lowest BCUT2D eigenvalue weighted by molar-refractivity contribution is -0.379. The van der Waals surface area contributed by atoms with E-state index in [1.165, 1.54) is 141 Å². The molecule has 0 aromatic carbocycles. The Kier molecular flexibility index (Phi) is 49.2. The second-order valence-corrected chi connectivity index (χ2v) is 25.7. The smallest absolute Gasteiger partial charge is 0.220 e. The average molecular weight is 1310 g/mol. The monoisotopic (exact) mass is 1310 g/mol. The number of ether oxygens (including phenoxy) is 6. The van der Waals surface area contributed by atoms with Crippen LogP contribution in [0.25, 0.3) is 0 Å². The van der Waals surface area contributed by atoms with Crippen LogP contribution in [0.1, 0.15) is 251 Å². The Labute approximate surface area is 553 Å². The van der Waals surface area contributed by atoms with Crippen molar-refractivity contribution in [3.8, 4) is 0 Å². The fraction of sp³-hybridized carbons (Fsp3) is 0.822. The van der Waals surface area contributed by atoms with Gasteiger partial charge in [-0.05, 0) is 64.2 Å². The van der Waals surface area contributed by atoms with Gasteiger partial charge >= 0.3 is 0 Å². The van der Waals surface area contributed by atoms with Crippen LogP contribution >= 0.6 is 0 Å². The average Bonchev–Trinajstić information content (AvgIpc) is 0.830. The van der Waals surface area contributed by atoms with E-state index < -0.39 is 124 Å². The lowest BCUT2D eigenvalue weighted by Crippen LogP contribution is -2.66. The van der Waals surface area contributed by atoms with Crippen LogP contribution in [-0.2, 0) is 33.2 Å². The van der Waals surface area contributed by atoms with Gasteiger partial charge in [-0.3, -0.25) is 4.79 Å². The fourth-order valence-electron chi connectivity index (χ4n) is 11.9. The number of aliphatic hydroxyl groups is 11. The molecule has 0 aromatic heterocycles. The Morgan fingerprint density at radius 2 is 0.750 bits per heavy atom. The molecule has 534 valence electrons. The van der Waals surface area contributed by atoms with E-state index in [2.05, 4.69) is 79.9 Å². The molecule has 3 rings (SSSR count). The number of rotatable bonds is 55. The molecule has 0 saturated carbocycles. The number of carbonyl (C=O) groups is 1. The molecule has 3 saturated heterocycles. The van der Waals surface area contributed by atoms with Crippen LogP contribution in [0.2, 0.25) is 0 Å². The Bertz CT molecular complexity index is 1950. The third-order valence-electron chi connectivity index (χ3n) is 17.8. The second kappa shape index (κ2) is 54.3. The molecular weight excluding hydrogens is 1180 g/mol. The minimum absolute atomic E-state index is 0.244. The maximum absolute atomic E-state index is 13.3. The molecule has 12 N–H and O–H groups in total. The molecule has 17 atom stereocenters. The van der Waals surface area contributed by atoms with E-state index in [1.807, 2.05) is 6.08 Å². The van der Waals surface area contributed by atoms with Gasteiger partial charge in [-0.2, -0.15) is 0 Å². The van der Waals surface area contributed by atoms with Gasteiger partial charge < -0.3 is 89.9 Å². The molecule has 0 spiro atoms. The Morgan fingerprint density at radius 1 is 0.402 bits per heavy atom. The predicted molar refractivity (Wildman–Crippen MR) is 360 cm³/mol. The van der Waals surface area contributed by atoms with E-state index >= 15 is 0 Å². The molecule has 19 heteroatoms. The lowest BCUT2D eigenvalue weighted by atomic mass is 9.96. The van der Waals surface area contributed by atoms with Gasteiger partial charge in [-0.15, -0.1) is 0 Å². The van der Waals surface area contributed by atoms with Crippen molar-refractivity contribution in [3.63, 3.8) is 0 Å². The molecule has 3 aliphatic rings. The minimum atomic E-state index is -1.98. The second-order valence-electron chi connectivity index (χ2n) is 25.7. The first-order valence-electron chi connectivity index (χ1n) is 36.2. The zero-order chi connectivity index (χ0) is 66.8. The van der Waals surface area contributed by atoms with Crippen molar-refractivity contribution in [2.45, 2.75) is 356 Å². The highest BCUT2D eigenvalue weighted by molar-refractivity contribution is 5.76. The molecule has 1 amide bonds. The quantitative estimate of drug-likeness (QED) is 0.0199. The summed E-state index contributed by atoms with van der Waals surface area (Å²) in [5.74, 6) is -0.277. The standard InChI is InChI=1S/C73H129NO18/c1-3-5-7-9-11-13-14-15-16-17-18-19-20-21-22-23-24-25-26-27-28-29-30-31-32-33-34-35-36-37-38-39-40-41-42-43-45-47-49-51-61(79)74-56(57(78)50-48-46-44-12-10-8-6-4-2)55-87-71-67(85)64(82)69(59(53-76)89-71)92-73-68(86)65(83)70(60(54-77)90-73)91-72-66(84)63(81)62(80)58(52-75)88-72/h5,7,11,13,15-16,18-19,21-22,48,50,56-60,62-73,75-78,80-86H,3-4,6,8-10,12,14,17,20,23-47,49,51-55H2,1-2H3,(H,74,79)/b7-5-,13-11-,16-15-,19-18-,22-21-,50-48+. The number of unbranched alkanes of at least 4 members (excludes halogenated alkanes) is 29. The van der Waals surface area contributed by atoms with Crippen molar-refractivity contribution in [2.75, 3.05) is 26.4 Å². The van der Waals surface area contributed by atoms with Crippen molar-refractivity contribution in [3.05, 3.63) is 72.9 Å². The van der Waals surface area contributed by atoms with Crippen molar-refractivity contribution in [1.82, 2.24) is 5.32 Å². The van der Waals surface area contributed by atoms with Gasteiger partial charge in [0.25, 0.3) is 0 Å². The highest BCUT2D eigenvalue weighted by Crippen LogP contribution is 2.33. The number of hydrogen-bond acceptors (Lipinski definition) is 18. The molecule has 19 nitrogen and oxygen atoms in total. The molecule has 0 aromatic rings. The molecule has 17 unspecified atom stereocenters. The maximum atomic E-state index is 13.3. The number of nitrogens with one attached hydrogen (secondary N) is 1. The number of hydrogen-bond donors (Lipinski definition) is 12. The first-order chi connectivity index (χ1) is 44.8. The van der Waals surface area contributed by atoms with Crippen LogP contribution in [-0.4, -0.2) is 193 Å². The summed E-state index contributed by atoms with van der Waals surface area (Å²) < 4.78 is 34.2. The summed E-state index contributed by atoms with van der Waals surface area (Å²) in [5.41, 5.74) is 0. The zero-order valence-electron chi connectivity index (χ0n) is 56.5. The minimum Gasteiger partial charge on any atom is -0.394 e. The number of aliphatic hydroxyl groups excluding tert-OH is 11. The van der Waals surface area contributed by atoms with E-state index in [0.29, 0.717) is 6.42 Å². The van der Waals surface area contributed by atoms with Crippen molar-refractivity contribution in [1.29, 1.82) is 0 Å². The van der Waals surface area contributed by atoms with E-state index in [-0.39, 0.29) is 18.9 Å². The Morgan fingerprint density at radius 3 is 1.17 bits per heavy atom. The molecule has 3 fully saturated rings. The van der Waals surface area contributed by atoms with Gasteiger partial charge in [0.05, 0.1) is 38.6 Å². The van der Waals surface area contributed by atoms with Crippen LogP contribution in [0.15, 0.2) is 72.9 Å². The van der Waals surface area contributed by atoms with Crippen LogP contribution < -0.4 is 5.32 Å². The van der Waals surface area contributed by atoms with E-state index in [1.54, 1.807) is 6.08 Å². The first kappa shape index (κ1) is 83.5. The van der Waals surface area contributed by atoms with Gasteiger partial charge in [0.15, 0.2) is 18.9 Å². The summed E-state index contributed by atoms with van der Waals surface area (Å²) >= 11 is 0. The van der Waals surface area contributed by atoms with Gasteiger partial charge in [-0.25, -0.2) is 0 Å². The van der Waals surface area contributed by atoms with Gasteiger partial charge in [-0.1, -0.05) is 254 Å². The third kappa shape index (κ3) is 35.5. The molecule has 3 aliphatic heterocycles. The Balaban J connectivity index is 1.25. The predicted octanol–water partition coefficient (Wildman–Crippen LogP) is 10.1. The number of allylic oxidation sites excluding steroid dienone is 11. The van der Waals surface area contributed by atoms with Crippen molar-refractivity contribution >= 4 is 5.91 Å². The summed E-state index contributed by atoms with van der Waals surface area (Å²) in [7, 11) is 0. The SMILES string of the molecule is CC/C=C\C/C=C\C/C=C\C/C=C\C/C=C\CCCCCCCCCCCCCCCCCCCCCCCCCC(=O)NC(COC1OC(CO)C(OC2OC(CO)C(OC3OC(CO)C(O)C(O)C3O)C(O)C2O)C(O)C1O)C(O)/C=C/CCCCCCCC. The van der Waals surface area contributed by atoms with Gasteiger partial charge in [0.1, 0.15) is 73.2 Å². The molecule has 92 heavy (non-hydrogen) atoms. The van der Waals surface area contributed by atoms with Crippen LogP contribution in [0.3, 0.4) is 0 Å². The Hall–Kier alpha value is -2.77. The highest BCUT2D eigenvalue weighted by Gasteiger charge is 2.53. The van der Waals surface area contributed by atoms with Crippen LogP contribution in [0, 0.1) is 0 Å². The molecule has 0 aliphatic carbocycles. The molecular formula is C73H129NO18. The fourth-order valence-corrected chi connectivity index (χ4v) is 11.9. The largest absolute Gasteiger partial charge is 0.394 e. The summed E-state index contributed by atoms with van der Waals surface area (Å²) in [5, 5.41) is 120. The first-order valence-corrected chi connectivity index (χ1v) is 36.2. The highest BCUT2D eigenvalue weighted by atomic mass is 16.8. The van der Waals surface area contributed by atoms with Crippen molar-refractivity contribution < 1.29 is 89.4 Å². The summed E-state index contributed by atoms with van der Waals surface area (Å²) in [4.78, 5) is 13.3. The van der Waals surface area contributed by atoms with E-state index in [9.17, 15) is 61.0 Å².